The van der Waals surface area contributed by atoms with Crippen molar-refractivity contribution >= 4 is 16.1 Å². The lowest BCUT2D eigenvalue weighted by molar-refractivity contribution is -0.145. The highest BCUT2D eigenvalue weighted by Crippen LogP contribution is 2.48. The maximum atomic E-state index is 14.8. The molecule has 0 saturated heterocycles. The number of benzene rings is 2. The summed E-state index contributed by atoms with van der Waals surface area (Å²) in [6.45, 7) is 1.83. The molecular formula is C24H24F4O6S. The van der Waals surface area contributed by atoms with E-state index in [1.54, 1.807) is 0 Å². The minimum Gasteiger partial charge on any atom is -0.485 e. The number of halogens is 4. The van der Waals surface area contributed by atoms with E-state index in [1.165, 1.54) is 7.11 Å². The number of esters is 1. The van der Waals surface area contributed by atoms with Crippen LogP contribution >= 0.6 is 0 Å². The van der Waals surface area contributed by atoms with Crippen LogP contribution in [0.5, 0.6) is 11.5 Å². The van der Waals surface area contributed by atoms with Crippen LogP contribution in [0.2, 0.25) is 0 Å². The normalized spacial score (nSPS) is 19.8. The molecule has 1 aliphatic heterocycles. The van der Waals surface area contributed by atoms with Gasteiger partial charge in [-0.2, -0.15) is 21.6 Å². The SMILES string of the molecule is COC(=O)[C@@H](C)[C@H](c1ccc2c(c1)OC(c1ccc(OS(=O)(=O)C(F)(F)F)cc1F)CC2)C1CC1. The molecule has 0 bridgehead atoms. The highest BCUT2D eigenvalue weighted by molar-refractivity contribution is 7.88. The fraction of sp³-hybridized carbons (Fsp3) is 0.458. The smallest absolute Gasteiger partial charge is 0.485 e. The second-order valence-electron chi connectivity index (χ2n) is 8.85. The zero-order valence-electron chi connectivity index (χ0n) is 19.0. The summed E-state index contributed by atoms with van der Waals surface area (Å²) in [6, 6.07) is 8.46. The van der Waals surface area contributed by atoms with Crippen LogP contribution in [-0.2, 0) is 26.1 Å². The lowest BCUT2D eigenvalue weighted by Crippen LogP contribution is -2.28. The number of carbonyl (C=O) groups is 1. The first-order chi connectivity index (χ1) is 16.4. The Morgan fingerprint density at radius 1 is 1.11 bits per heavy atom. The Morgan fingerprint density at radius 3 is 2.43 bits per heavy atom. The molecule has 1 saturated carbocycles. The third-order valence-corrected chi connectivity index (χ3v) is 7.45. The molecule has 0 spiro atoms. The van der Waals surface area contributed by atoms with E-state index in [0.717, 1.165) is 36.1 Å². The molecule has 2 aliphatic rings. The van der Waals surface area contributed by atoms with Crippen molar-refractivity contribution in [2.45, 2.75) is 50.1 Å². The Balaban J connectivity index is 1.56. The lowest BCUT2D eigenvalue weighted by atomic mass is 9.82. The minimum atomic E-state index is -5.91. The summed E-state index contributed by atoms with van der Waals surface area (Å²) in [7, 11) is -4.55. The molecule has 1 aliphatic carbocycles. The molecule has 190 valence electrons. The number of ether oxygens (including phenoxy) is 2. The molecule has 1 heterocycles. The zero-order valence-corrected chi connectivity index (χ0v) is 19.8. The van der Waals surface area contributed by atoms with Crippen LogP contribution in [0.4, 0.5) is 17.6 Å². The molecule has 2 aromatic carbocycles. The van der Waals surface area contributed by atoms with Gasteiger partial charge < -0.3 is 13.7 Å². The quantitative estimate of drug-likeness (QED) is 0.212. The van der Waals surface area contributed by atoms with E-state index in [9.17, 15) is 30.8 Å². The minimum absolute atomic E-state index is 0.0412. The molecule has 35 heavy (non-hydrogen) atoms. The average Bonchev–Trinajstić information content (AvgIpc) is 3.62. The van der Waals surface area contributed by atoms with E-state index in [0.29, 0.717) is 30.6 Å². The Bertz CT molecular complexity index is 1220. The molecule has 3 atom stereocenters. The number of hydrogen-bond acceptors (Lipinski definition) is 6. The van der Waals surface area contributed by atoms with Crippen molar-refractivity contribution in [2.75, 3.05) is 7.11 Å². The monoisotopic (exact) mass is 516 g/mol. The maximum absolute atomic E-state index is 14.8. The molecule has 0 aromatic heterocycles. The van der Waals surface area contributed by atoms with E-state index >= 15 is 0 Å². The van der Waals surface area contributed by atoms with Crippen LogP contribution in [0.15, 0.2) is 36.4 Å². The standard InChI is InChI=1S/C24H24F4O6S/c1-13(23(29)32-2)22(15-4-5-15)16-6-3-14-7-10-20(33-21(14)11-16)18-9-8-17(12-19(18)25)34-35(30,31)24(26,27)28/h3,6,8-9,11-13,15,20,22H,4-5,7,10H2,1-2H3/t13-,20?,22-/m0/s1. The number of fused-ring (bicyclic) bond motifs is 1. The molecule has 2 aromatic rings. The van der Waals surface area contributed by atoms with Gasteiger partial charge in [0.25, 0.3) is 0 Å². The average molecular weight is 517 g/mol. The molecule has 0 radical (unpaired) electrons. The van der Waals surface area contributed by atoms with Gasteiger partial charge in [0.1, 0.15) is 23.4 Å². The van der Waals surface area contributed by atoms with Gasteiger partial charge in [-0.25, -0.2) is 4.39 Å². The van der Waals surface area contributed by atoms with E-state index in [4.69, 9.17) is 9.47 Å². The fourth-order valence-electron chi connectivity index (χ4n) is 4.56. The second kappa shape index (κ2) is 9.33. The van der Waals surface area contributed by atoms with Crippen molar-refractivity contribution in [3.63, 3.8) is 0 Å². The van der Waals surface area contributed by atoms with E-state index < -0.39 is 33.3 Å². The third-order valence-electron chi connectivity index (χ3n) is 6.47. The van der Waals surface area contributed by atoms with Crippen LogP contribution in [0.25, 0.3) is 0 Å². The van der Waals surface area contributed by atoms with Crippen molar-refractivity contribution in [2.24, 2.45) is 11.8 Å². The molecule has 11 heteroatoms. The van der Waals surface area contributed by atoms with Gasteiger partial charge in [0, 0.05) is 11.6 Å². The van der Waals surface area contributed by atoms with Crippen molar-refractivity contribution in [1.82, 2.24) is 0 Å². The van der Waals surface area contributed by atoms with Crippen molar-refractivity contribution < 1.29 is 44.4 Å². The first-order valence-electron chi connectivity index (χ1n) is 11.1. The largest absolute Gasteiger partial charge is 0.534 e. The lowest BCUT2D eigenvalue weighted by Gasteiger charge is -2.29. The summed E-state index contributed by atoms with van der Waals surface area (Å²) < 4.78 is 89.7. The molecule has 1 fully saturated rings. The highest BCUT2D eigenvalue weighted by atomic mass is 32.2. The van der Waals surface area contributed by atoms with E-state index in [1.807, 2.05) is 25.1 Å². The first-order valence-corrected chi connectivity index (χ1v) is 12.5. The van der Waals surface area contributed by atoms with Crippen molar-refractivity contribution in [1.29, 1.82) is 0 Å². The summed E-state index contributed by atoms with van der Waals surface area (Å²) in [5.41, 5.74) is -3.72. The molecule has 4 rings (SSSR count). The predicted molar refractivity (Wildman–Crippen MR) is 117 cm³/mol. The Kier molecular flexibility index (Phi) is 6.74. The predicted octanol–water partition coefficient (Wildman–Crippen LogP) is 5.42. The summed E-state index contributed by atoms with van der Waals surface area (Å²) in [4.78, 5) is 12.2. The molecule has 6 nitrogen and oxygen atoms in total. The molecule has 1 unspecified atom stereocenters. The highest BCUT2D eigenvalue weighted by Gasteiger charge is 2.48. The molecule has 0 amide bonds. The zero-order chi connectivity index (χ0) is 25.5. The summed E-state index contributed by atoms with van der Waals surface area (Å²) >= 11 is 0. The maximum Gasteiger partial charge on any atom is 0.534 e. The van der Waals surface area contributed by atoms with Gasteiger partial charge >= 0.3 is 21.6 Å². The number of carbonyl (C=O) groups excluding carboxylic acids is 1. The van der Waals surface area contributed by atoms with Gasteiger partial charge in [-0.15, -0.1) is 0 Å². The third kappa shape index (κ3) is 5.24. The topological polar surface area (TPSA) is 78.9 Å². The number of alkyl halides is 3. The summed E-state index contributed by atoms with van der Waals surface area (Å²) in [5, 5.41) is 0. The Morgan fingerprint density at radius 2 is 1.83 bits per heavy atom. The van der Waals surface area contributed by atoms with Crippen molar-refractivity contribution in [3.05, 3.63) is 58.9 Å². The fourth-order valence-corrected chi connectivity index (χ4v) is 5.02. The van der Waals surface area contributed by atoms with Crippen LogP contribution in [0.3, 0.4) is 0 Å². The van der Waals surface area contributed by atoms with Crippen LogP contribution in [-0.4, -0.2) is 27.0 Å². The van der Waals surface area contributed by atoms with Gasteiger partial charge in [0.15, 0.2) is 0 Å². The molecular weight excluding hydrogens is 492 g/mol. The number of methoxy groups -OCH3 is 1. The van der Waals surface area contributed by atoms with Crippen molar-refractivity contribution in [3.8, 4) is 11.5 Å². The van der Waals surface area contributed by atoms with Crippen LogP contribution in [0.1, 0.15) is 54.9 Å². The van der Waals surface area contributed by atoms with Gasteiger partial charge in [-0.1, -0.05) is 19.1 Å². The van der Waals surface area contributed by atoms with Crippen LogP contribution < -0.4 is 8.92 Å². The first kappa shape index (κ1) is 25.3. The van der Waals surface area contributed by atoms with Gasteiger partial charge in [-0.05, 0) is 66.8 Å². The second-order valence-corrected chi connectivity index (χ2v) is 10.4. The van der Waals surface area contributed by atoms with E-state index in [-0.39, 0.29) is 23.4 Å². The number of aryl methyl sites for hydroxylation is 1. The van der Waals surface area contributed by atoms with Gasteiger partial charge in [0.2, 0.25) is 0 Å². The summed E-state index contributed by atoms with van der Waals surface area (Å²) in [5.74, 6) is -1.51. The molecule has 0 N–H and O–H groups in total. The van der Waals surface area contributed by atoms with Gasteiger partial charge in [-0.3, -0.25) is 4.79 Å². The summed E-state index contributed by atoms with van der Waals surface area (Å²) in [6.07, 6.45) is 2.27. The van der Waals surface area contributed by atoms with E-state index in [2.05, 4.69) is 4.18 Å². The number of hydrogen-bond donors (Lipinski definition) is 0. The number of rotatable bonds is 7. The Hall–Kier alpha value is -2.82. The Labute approximate surface area is 200 Å². The van der Waals surface area contributed by atoms with Gasteiger partial charge in [0.05, 0.1) is 13.0 Å². The van der Waals surface area contributed by atoms with Crippen LogP contribution in [0, 0.1) is 17.7 Å².